The summed E-state index contributed by atoms with van der Waals surface area (Å²) in [5, 5.41) is 16.0. The molecule has 0 bridgehead atoms. The van der Waals surface area contributed by atoms with E-state index in [1.54, 1.807) is 13.8 Å². The van der Waals surface area contributed by atoms with Gasteiger partial charge in [-0.25, -0.2) is 4.68 Å². The molecule has 2 aromatic rings. The van der Waals surface area contributed by atoms with E-state index in [0.717, 1.165) is 10.2 Å². The summed E-state index contributed by atoms with van der Waals surface area (Å²) < 4.78 is 12.2. The van der Waals surface area contributed by atoms with E-state index in [1.807, 2.05) is 38.1 Å². The highest BCUT2D eigenvalue weighted by molar-refractivity contribution is 5.75. The van der Waals surface area contributed by atoms with Gasteiger partial charge in [0.1, 0.15) is 18.2 Å². The molecule has 1 heterocycles. The molecule has 0 spiro atoms. The Balaban J connectivity index is 1.99. The van der Waals surface area contributed by atoms with Crippen LogP contribution in [0.5, 0.6) is 11.5 Å². The minimum absolute atomic E-state index is 0.0168. The van der Waals surface area contributed by atoms with E-state index in [1.165, 1.54) is 0 Å². The van der Waals surface area contributed by atoms with Gasteiger partial charge in [0.2, 0.25) is 5.91 Å². The monoisotopic (exact) mass is 398 g/mol. The Morgan fingerprint density at radius 3 is 2.55 bits per heavy atom. The molecule has 1 N–H and O–H groups in total. The van der Waals surface area contributed by atoms with Crippen LogP contribution in [0.2, 0.25) is 0 Å². The van der Waals surface area contributed by atoms with E-state index in [0.29, 0.717) is 48.9 Å². The smallest absolute Gasteiger partial charge is 0.285 e. The molecule has 0 radical (unpaired) electrons. The molecule has 8 heteroatoms. The van der Waals surface area contributed by atoms with Crippen LogP contribution in [0, 0.1) is 25.2 Å². The zero-order valence-electron chi connectivity index (χ0n) is 17.2. The van der Waals surface area contributed by atoms with Crippen LogP contribution in [-0.4, -0.2) is 35.4 Å². The molecule has 0 aliphatic heterocycles. The fourth-order valence-corrected chi connectivity index (χ4v) is 2.80. The lowest BCUT2D eigenvalue weighted by Crippen LogP contribution is -2.36. The van der Waals surface area contributed by atoms with Crippen molar-refractivity contribution in [2.45, 2.75) is 40.7 Å². The van der Waals surface area contributed by atoms with E-state index < -0.39 is 5.56 Å². The largest absolute Gasteiger partial charge is 0.490 e. The SMILES string of the molecule is CCOc1ccc(CCNC(=O)Cn2nc(C)c(C)c(C#N)c2=O)cc1OCC. The summed E-state index contributed by atoms with van der Waals surface area (Å²) in [6.07, 6.45) is 0.594. The highest BCUT2D eigenvalue weighted by Gasteiger charge is 2.14. The number of aryl methyl sites for hydroxylation is 1. The molecular weight excluding hydrogens is 372 g/mol. The molecule has 0 saturated heterocycles. The van der Waals surface area contributed by atoms with E-state index >= 15 is 0 Å². The quantitative estimate of drug-likeness (QED) is 0.691. The van der Waals surface area contributed by atoms with Crippen LogP contribution in [0.25, 0.3) is 0 Å². The van der Waals surface area contributed by atoms with Gasteiger partial charge in [-0.1, -0.05) is 6.07 Å². The van der Waals surface area contributed by atoms with Crippen molar-refractivity contribution >= 4 is 5.91 Å². The Hall–Kier alpha value is -3.34. The van der Waals surface area contributed by atoms with Crippen LogP contribution in [0.3, 0.4) is 0 Å². The van der Waals surface area contributed by atoms with Crippen molar-refractivity contribution in [3.05, 3.63) is 50.9 Å². The maximum atomic E-state index is 12.3. The zero-order chi connectivity index (χ0) is 21.4. The molecule has 1 aromatic heterocycles. The highest BCUT2D eigenvalue weighted by Crippen LogP contribution is 2.28. The van der Waals surface area contributed by atoms with Crippen LogP contribution in [0.4, 0.5) is 0 Å². The molecule has 2 rings (SSSR count). The number of hydrogen-bond donors (Lipinski definition) is 1. The molecule has 0 fully saturated rings. The second-order valence-electron chi connectivity index (χ2n) is 6.41. The van der Waals surface area contributed by atoms with Crippen molar-refractivity contribution in [2.24, 2.45) is 0 Å². The second kappa shape index (κ2) is 10.3. The number of aromatic nitrogens is 2. The van der Waals surface area contributed by atoms with Crippen molar-refractivity contribution in [1.82, 2.24) is 15.1 Å². The lowest BCUT2D eigenvalue weighted by Gasteiger charge is -2.13. The summed E-state index contributed by atoms with van der Waals surface area (Å²) in [4.78, 5) is 24.5. The minimum atomic E-state index is -0.557. The standard InChI is InChI=1S/C21H26N4O4/c1-5-28-18-8-7-16(11-19(18)29-6-2)9-10-23-20(26)13-25-21(27)17(12-22)14(3)15(4)24-25/h7-8,11H,5-6,9-10,13H2,1-4H3,(H,23,26). The van der Waals surface area contributed by atoms with Crippen molar-refractivity contribution < 1.29 is 14.3 Å². The topological polar surface area (TPSA) is 106 Å². The van der Waals surface area contributed by atoms with E-state index in [4.69, 9.17) is 14.7 Å². The predicted octanol–water partition coefficient (Wildman–Crippen LogP) is 1.89. The van der Waals surface area contributed by atoms with Crippen molar-refractivity contribution in [3.8, 4) is 17.6 Å². The number of ether oxygens (including phenoxy) is 2. The molecule has 0 saturated carbocycles. The van der Waals surface area contributed by atoms with Crippen LogP contribution < -0.4 is 20.3 Å². The molecule has 1 aromatic carbocycles. The molecule has 1 amide bonds. The molecule has 154 valence electrons. The fourth-order valence-electron chi connectivity index (χ4n) is 2.80. The van der Waals surface area contributed by atoms with Crippen LogP contribution in [0.15, 0.2) is 23.0 Å². The van der Waals surface area contributed by atoms with Crippen LogP contribution >= 0.6 is 0 Å². The fraction of sp³-hybridized carbons (Fsp3) is 0.429. The first-order valence-corrected chi connectivity index (χ1v) is 9.54. The average Bonchev–Trinajstić information content (AvgIpc) is 2.69. The maximum absolute atomic E-state index is 12.3. The maximum Gasteiger partial charge on any atom is 0.285 e. The summed E-state index contributed by atoms with van der Waals surface area (Å²) in [5.41, 5.74) is 1.54. The number of amides is 1. The Morgan fingerprint density at radius 1 is 1.21 bits per heavy atom. The molecule has 0 unspecified atom stereocenters. The molecule has 8 nitrogen and oxygen atoms in total. The van der Waals surface area contributed by atoms with Gasteiger partial charge >= 0.3 is 0 Å². The van der Waals surface area contributed by atoms with Gasteiger partial charge in [-0.05, 0) is 57.4 Å². The second-order valence-corrected chi connectivity index (χ2v) is 6.41. The van der Waals surface area contributed by atoms with Gasteiger partial charge in [0.25, 0.3) is 5.56 Å². The van der Waals surface area contributed by atoms with Gasteiger partial charge in [0, 0.05) is 6.54 Å². The number of carbonyl (C=O) groups excluding carboxylic acids is 1. The highest BCUT2D eigenvalue weighted by atomic mass is 16.5. The summed E-state index contributed by atoms with van der Waals surface area (Å²) >= 11 is 0. The summed E-state index contributed by atoms with van der Waals surface area (Å²) in [7, 11) is 0. The van der Waals surface area contributed by atoms with E-state index in [-0.39, 0.29) is 18.0 Å². The number of rotatable bonds is 9. The van der Waals surface area contributed by atoms with Crippen molar-refractivity contribution in [2.75, 3.05) is 19.8 Å². The third-order valence-corrected chi connectivity index (χ3v) is 4.39. The van der Waals surface area contributed by atoms with Gasteiger partial charge in [-0.15, -0.1) is 0 Å². The molecule has 0 aliphatic carbocycles. The molecule has 29 heavy (non-hydrogen) atoms. The lowest BCUT2D eigenvalue weighted by atomic mass is 10.1. The Kier molecular flexibility index (Phi) is 7.78. The van der Waals surface area contributed by atoms with Gasteiger partial charge in [-0.2, -0.15) is 10.4 Å². The van der Waals surface area contributed by atoms with Crippen molar-refractivity contribution in [1.29, 1.82) is 5.26 Å². The number of nitrogens with one attached hydrogen (secondary N) is 1. The van der Waals surface area contributed by atoms with Gasteiger partial charge < -0.3 is 14.8 Å². The van der Waals surface area contributed by atoms with Gasteiger partial charge in [0.15, 0.2) is 11.5 Å². The zero-order valence-corrected chi connectivity index (χ0v) is 17.2. The van der Waals surface area contributed by atoms with Crippen LogP contribution in [0.1, 0.15) is 36.2 Å². The summed E-state index contributed by atoms with van der Waals surface area (Å²) in [6, 6.07) is 7.56. The summed E-state index contributed by atoms with van der Waals surface area (Å²) in [5.74, 6) is 1.02. The number of nitrogens with zero attached hydrogens (tertiary/aromatic N) is 3. The molecule has 0 aliphatic rings. The van der Waals surface area contributed by atoms with E-state index in [9.17, 15) is 9.59 Å². The number of nitriles is 1. The first-order chi connectivity index (χ1) is 13.9. The number of benzene rings is 1. The number of carbonyl (C=O) groups is 1. The third-order valence-electron chi connectivity index (χ3n) is 4.39. The Bertz CT molecular complexity index is 976. The lowest BCUT2D eigenvalue weighted by molar-refractivity contribution is -0.121. The van der Waals surface area contributed by atoms with Gasteiger partial charge in [-0.3, -0.25) is 9.59 Å². The first kappa shape index (κ1) is 22.0. The van der Waals surface area contributed by atoms with Gasteiger partial charge in [0.05, 0.1) is 18.9 Å². The normalized spacial score (nSPS) is 10.3. The summed E-state index contributed by atoms with van der Waals surface area (Å²) in [6.45, 7) is 8.42. The van der Waals surface area contributed by atoms with E-state index in [2.05, 4.69) is 10.4 Å². The Labute approximate surface area is 170 Å². The predicted molar refractivity (Wildman–Crippen MR) is 108 cm³/mol. The average molecular weight is 398 g/mol. The molecular formula is C21H26N4O4. The van der Waals surface area contributed by atoms with Crippen LogP contribution in [-0.2, 0) is 17.8 Å². The van der Waals surface area contributed by atoms with Crippen molar-refractivity contribution in [3.63, 3.8) is 0 Å². The molecule has 0 atom stereocenters. The first-order valence-electron chi connectivity index (χ1n) is 9.54. The Morgan fingerprint density at radius 2 is 1.90 bits per heavy atom. The minimum Gasteiger partial charge on any atom is -0.490 e. The third kappa shape index (κ3) is 5.57. The number of hydrogen-bond acceptors (Lipinski definition) is 6.